The average molecular weight is 166 g/mol. The van der Waals surface area contributed by atoms with Gasteiger partial charge in [0, 0.05) is 0 Å². The Balaban J connectivity index is 0.000000148. The molecule has 0 aromatic carbocycles. The molecule has 0 aliphatic rings. The minimum Gasteiger partial charge on any atom is -0.326 e. The van der Waals surface area contributed by atoms with Crippen LogP contribution in [0.1, 0.15) is 0 Å². The van der Waals surface area contributed by atoms with Crippen molar-refractivity contribution < 1.29 is 14.4 Å². The second-order valence-electron chi connectivity index (χ2n) is 1.08. The molecule has 52 valence electrons. The van der Waals surface area contributed by atoms with Crippen LogP contribution in [0.5, 0.6) is 0 Å². The van der Waals surface area contributed by atoms with Gasteiger partial charge in [-0.3, -0.25) is 4.57 Å². The van der Waals surface area contributed by atoms with Crippen LogP contribution >= 0.6 is 19.6 Å². The van der Waals surface area contributed by atoms with E-state index >= 15 is 0 Å². The van der Waals surface area contributed by atoms with E-state index in [9.17, 15) is 0 Å². The monoisotopic (exact) mass is 166 g/mol. The van der Waals surface area contributed by atoms with Gasteiger partial charge in [-0.1, -0.05) is 12.1 Å². The third kappa shape index (κ3) is 11.4. The number of rotatable bonds is 0. The average Bonchev–Trinajstić information content (AvgIpc) is 2.11. The molecule has 0 fully saturated rings. The van der Waals surface area contributed by atoms with Crippen LogP contribution in [-0.4, -0.2) is 9.79 Å². The second-order valence-corrected chi connectivity index (χ2v) is 2.46. The highest BCUT2D eigenvalue weighted by molar-refractivity contribution is 7.30. The summed E-state index contributed by atoms with van der Waals surface area (Å²) in [7, 11) is -3.13. The van der Waals surface area contributed by atoms with Gasteiger partial charge in [0.1, 0.15) is 0 Å². The fourth-order valence-electron chi connectivity index (χ4n) is 0.227. The normalized spacial score (nSPS) is 8.33. The molecule has 0 atom stereocenters. The molecule has 9 heavy (non-hydrogen) atoms. The van der Waals surface area contributed by atoms with Crippen LogP contribution in [0.4, 0.5) is 0 Å². The van der Waals surface area contributed by atoms with Gasteiger partial charge in [0.05, 0.1) is 0 Å². The summed E-state index contributed by atoms with van der Waals surface area (Å²) in [6.07, 6.45) is 0. The summed E-state index contributed by atoms with van der Waals surface area (Å²) in [6.45, 7) is 0. The van der Waals surface area contributed by atoms with Gasteiger partial charge in [0.2, 0.25) is 0 Å². The molecule has 0 unspecified atom stereocenters. The molecule has 2 N–H and O–H groups in total. The molecular weight excluding hydrogens is 159 g/mol. The standard InChI is InChI=1S/C4H4S.H3O3P/c1-2-4-5-3-1;1-4(2)3/h1-4H;4H,(H2,1,2,3). The Bertz CT molecular complexity index is 130. The first-order valence-corrected chi connectivity index (χ1v) is 4.37. The minimum atomic E-state index is -3.13. The maximum Gasteiger partial charge on any atom is 0.314 e. The highest BCUT2D eigenvalue weighted by Gasteiger charge is 1.61. The molecule has 1 aromatic rings. The molecule has 0 amide bonds. The van der Waals surface area contributed by atoms with E-state index in [4.69, 9.17) is 14.4 Å². The lowest BCUT2D eigenvalue weighted by Crippen LogP contribution is -1.38. The highest BCUT2D eigenvalue weighted by atomic mass is 32.1. The molecule has 0 saturated carbocycles. The first-order chi connectivity index (χ1) is 4.23. The number of hydrogen-bond donors (Lipinski definition) is 2. The van der Waals surface area contributed by atoms with Crippen LogP contribution < -0.4 is 0 Å². The van der Waals surface area contributed by atoms with Crippen LogP contribution in [0.15, 0.2) is 22.9 Å². The van der Waals surface area contributed by atoms with Crippen LogP contribution in [0.25, 0.3) is 0 Å². The minimum absolute atomic E-state index is 1.71. The van der Waals surface area contributed by atoms with Crippen LogP contribution in [0.3, 0.4) is 0 Å². The Kier molecular flexibility index (Phi) is 5.88. The topological polar surface area (TPSA) is 57.5 Å². The third-order valence-corrected chi connectivity index (χ3v) is 1.05. The Morgan fingerprint density at radius 1 is 1.22 bits per heavy atom. The van der Waals surface area contributed by atoms with Crippen molar-refractivity contribution in [3.05, 3.63) is 22.9 Å². The van der Waals surface area contributed by atoms with Gasteiger partial charge in [-0.25, -0.2) is 0 Å². The van der Waals surface area contributed by atoms with Gasteiger partial charge >= 0.3 is 8.25 Å². The van der Waals surface area contributed by atoms with Crippen molar-refractivity contribution in [3.63, 3.8) is 0 Å². The van der Waals surface area contributed by atoms with E-state index in [1.165, 1.54) is 0 Å². The van der Waals surface area contributed by atoms with E-state index in [0.29, 0.717) is 0 Å². The fourth-order valence-corrected chi connectivity index (χ4v) is 0.680. The molecule has 0 radical (unpaired) electrons. The van der Waals surface area contributed by atoms with Crippen molar-refractivity contribution in [2.75, 3.05) is 0 Å². The van der Waals surface area contributed by atoms with E-state index in [0.717, 1.165) is 0 Å². The maximum atomic E-state index is 8.74. The molecule has 0 spiro atoms. The van der Waals surface area contributed by atoms with Crippen molar-refractivity contribution in [1.29, 1.82) is 0 Å². The largest absolute Gasteiger partial charge is 0.326 e. The Labute approximate surface area is 57.5 Å². The van der Waals surface area contributed by atoms with Gasteiger partial charge in [-0.05, 0) is 10.8 Å². The quantitative estimate of drug-likeness (QED) is 0.567. The Morgan fingerprint density at radius 2 is 1.56 bits per heavy atom. The SMILES string of the molecule is O=[PH](O)O.c1ccsc1. The maximum absolute atomic E-state index is 8.74. The summed E-state index contributed by atoms with van der Waals surface area (Å²) in [6, 6.07) is 4.04. The van der Waals surface area contributed by atoms with Crippen molar-refractivity contribution in [1.82, 2.24) is 0 Å². The zero-order valence-electron chi connectivity index (χ0n) is 4.52. The predicted molar refractivity (Wildman–Crippen MR) is 37.8 cm³/mol. The third-order valence-electron chi connectivity index (χ3n) is 0.425. The molecule has 1 heterocycles. The lowest BCUT2D eigenvalue weighted by Gasteiger charge is -1.61. The number of thiophene rings is 1. The van der Waals surface area contributed by atoms with E-state index in [1.807, 2.05) is 22.9 Å². The van der Waals surface area contributed by atoms with Crippen LogP contribution in [0, 0.1) is 0 Å². The molecule has 1 rings (SSSR count). The Morgan fingerprint density at radius 3 is 1.67 bits per heavy atom. The zero-order chi connectivity index (χ0) is 7.11. The van der Waals surface area contributed by atoms with Crippen molar-refractivity contribution in [3.8, 4) is 0 Å². The summed E-state index contributed by atoms with van der Waals surface area (Å²) >= 11 is 1.71. The summed E-state index contributed by atoms with van der Waals surface area (Å²) in [5, 5.41) is 4.08. The zero-order valence-corrected chi connectivity index (χ0v) is 6.34. The summed E-state index contributed by atoms with van der Waals surface area (Å²) in [5.41, 5.74) is 0. The first-order valence-electron chi connectivity index (χ1n) is 2.12. The van der Waals surface area contributed by atoms with Crippen molar-refractivity contribution >= 4 is 19.6 Å². The van der Waals surface area contributed by atoms with Gasteiger partial charge in [0.15, 0.2) is 0 Å². The summed E-state index contributed by atoms with van der Waals surface area (Å²) in [5.74, 6) is 0. The fraction of sp³-hybridized carbons (Fsp3) is 0. The molecule has 0 saturated heterocycles. The van der Waals surface area contributed by atoms with E-state index < -0.39 is 8.25 Å². The molecule has 3 nitrogen and oxygen atoms in total. The molecule has 0 aliphatic carbocycles. The van der Waals surface area contributed by atoms with Gasteiger partial charge in [-0.2, -0.15) is 11.3 Å². The predicted octanol–water partition coefficient (Wildman–Crippen LogP) is 1.11. The molecular formula is C4H7O3PS. The Hall–Kier alpha value is -0.150. The van der Waals surface area contributed by atoms with E-state index in [2.05, 4.69) is 0 Å². The second kappa shape index (κ2) is 5.98. The molecule has 0 bridgehead atoms. The van der Waals surface area contributed by atoms with E-state index in [1.54, 1.807) is 11.3 Å². The van der Waals surface area contributed by atoms with Crippen LogP contribution in [-0.2, 0) is 4.57 Å². The first kappa shape index (κ1) is 8.85. The summed E-state index contributed by atoms with van der Waals surface area (Å²) < 4.78 is 8.74. The van der Waals surface area contributed by atoms with Gasteiger partial charge in [0.25, 0.3) is 0 Å². The van der Waals surface area contributed by atoms with E-state index in [-0.39, 0.29) is 0 Å². The summed E-state index contributed by atoms with van der Waals surface area (Å²) in [4.78, 5) is 14.3. The van der Waals surface area contributed by atoms with Gasteiger partial charge < -0.3 is 9.79 Å². The molecule has 0 aliphatic heterocycles. The van der Waals surface area contributed by atoms with Crippen molar-refractivity contribution in [2.24, 2.45) is 0 Å². The van der Waals surface area contributed by atoms with Gasteiger partial charge in [-0.15, -0.1) is 0 Å². The number of hydrogen-bond acceptors (Lipinski definition) is 2. The van der Waals surface area contributed by atoms with Crippen LogP contribution in [0.2, 0.25) is 0 Å². The highest BCUT2D eigenvalue weighted by Crippen LogP contribution is 1.98. The smallest absolute Gasteiger partial charge is 0.314 e. The lowest BCUT2D eigenvalue weighted by atomic mass is 10.7. The molecule has 5 heteroatoms. The molecule has 1 aromatic heterocycles. The lowest BCUT2D eigenvalue weighted by molar-refractivity contribution is 0.405. The van der Waals surface area contributed by atoms with Crippen molar-refractivity contribution in [2.45, 2.75) is 0 Å².